The van der Waals surface area contributed by atoms with Gasteiger partial charge in [0, 0.05) is 24.9 Å². The molecule has 284 valence electrons. The Kier molecular flexibility index (Phi) is 8.26. The van der Waals surface area contributed by atoms with Gasteiger partial charge in [-0.15, -0.1) is 0 Å². The first kappa shape index (κ1) is 36.0. The summed E-state index contributed by atoms with van der Waals surface area (Å²) in [5.41, 5.74) is -1.35. The van der Waals surface area contributed by atoms with Gasteiger partial charge in [-0.05, 0) is 111 Å². The maximum absolute atomic E-state index is 13.0. The first-order valence-corrected chi connectivity index (χ1v) is 19.6. The number of esters is 1. The summed E-state index contributed by atoms with van der Waals surface area (Å²) in [7, 11) is 0. The number of hydrogen-bond acceptors (Lipinski definition) is 10. The van der Waals surface area contributed by atoms with E-state index in [2.05, 4.69) is 39.8 Å². The summed E-state index contributed by atoms with van der Waals surface area (Å²) in [6, 6.07) is 1.59. The summed E-state index contributed by atoms with van der Waals surface area (Å²) in [5.74, 6) is 0.921. The Hall–Kier alpha value is -2.05. The average Bonchev–Trinajstić information content (AvgIpc) is 3.32. The first-order valence-electron chi connectivity index (χ1n) is 19.6. The van der Waals surface area contributed by atoms with E-state index in [1.165, 1.54) is 26.0 Å². The fourth-order valence-electron chi connectivity index (χ4n) is 14.2. The number of ether oxygens (including phenoxy) is 4. The topological polar surface area (TPSA) is 141 Å². The maximum atomic E-state index is 13.0. The standard InChI is InChI=1S/C40H60N2O9/c1-22-19-25(33(36(5,6)46)48-23(2)43)49-31-30(22)37(7)14-15-40-21-39(40)13-11-28(35(3,4)26(39)9-10-27(40)38(37,8)32(31)44)50-29-20-42(17-18-47-29)34(45)24-12-16-41-51-24/h12,16,22,25-33,44,46H,9-11,13-15,17-21H2,1-8H3/t22-,25?,26+,27?,28+,29?,30+,31?,32+,33+,37-,38?,39-,40?/m1/s1. The Bertz CT molecular complexity index is 1530. The van der Waals surface area contributed by atoms with E-state index in [9.17, 15) is 19.8 Å². The molecule has 0 bridgehead atoms. The van der Waals surface area contributed by atoms with Crippen LogP contribution in [0.15, 0.2) is 16.8 Å². The number of carbonyl (C=O) groups is 2. The van der Waals surface area contributed by atoms with Crippen LogP contribution in [0.2, 0.25) is 0 Å². The Balaban J connectivity index is 1.01. The number of carbonyl (C=O) groups excluding carboxylic acids is 2. The minimum absolute atomic E-state index is 0.0177. The van der Waals surface area contributed by atoms with Crippen molar-refractivity contribution in [2.75, 3.05) is 19.7 Å². The van der Waals surface area contributed by atoms with Crippen molar-refractivity contribution >= 4 is 11.9 Å². The molecule has 8 rings (SSSR count). The van der Waals surface area contributed by atoms with Crippen molar-refractivity contribution in [1.82, 2.24) is 10.1 Å². The summed E-state index contributed by atoms with van der Waals surface area (Å²) >= 11 is 0. The highest BCUT2D eigenvalue weighted by molar-refractivity contribution is 5.91. The van der Waals surface area contributed by atoms with E-state index in [0.29, 0.717) is 38.0 Å². The van der Waals surface area contributed by atoms with Crippen molar-refractivity contribution < 1.29 is 43.3 Å². The highest BCUT2D eigenvalue weighted by atomic mass is 16.7. The molecule has 5 saturated carbocycles. The highest BCUT2D eigenvalue weighted by Crippen LogP contribution is 2.89. The lowest BCUT2D eigenvalue weighted by Gasteiger charge is -2.64. The van der Waals surface area contributed by atoms with Crippen molar-refractivity contribution in [1.29, 1.82) is 0 Å². The monoisotopic (exact) mass is 712 g/mol. The highest BCUT2D eigenvalue weighted by Gasteiger charge is 2.84. The van der Waals surface area contributed by atoms with Gasteiger partial charge in [-0.25, -0.2) is 0 Å². The van der Waals surface area contributed by atoms with Crippen LogP contribution in [0.4, 0.5) is 0 Å². The molecule has 3 heterocycles. The second kappa shape index (κ2) is 11.7. The predicted octanol–water partition coefficient (Wildman–Crippen LogP) is 5.37. The molecule has 1 aromatic heterocycles. The van der Waals surface area contributed by atoms with Crippen LogP contribution >= 0.6 is 0 Å². The van der Waals surface area contributed by atoms with E-state index < -0.39 is 36.2 Å². The third kappa shape index (κ3) is 4.95. The molecule has 7 fully saturated rings. The second-order valence-electron chi connectivity index (χ2n) is 19.3. The quantitative estimate of drug-likeness (QED) is 0.370. The van der Waals surface area contributed by atoms with Gasteiger partial charge in [0.05, 0.1) is 49.4 Å². The largest absolute Gasteiger partial charge is 0.457 e. The molecule has 2 N–H and O–H groups in total. The Morgan fingerprint density at radius 3 is 2.49 bits per heavy atom. The Labute approximate surface area is 302 Å². The van der Waals surface area contributed by atoms with Crippen molar-refractivity contribution in [3.05, 3.63) is 18.0 Å². The predicted molar refractivity (Wildman–Crippen MR) is 185 cm³/mol. The van der Waals surface area contributed by atoms with Crippen LogP contribution in [0.3, 0.4) is 0 Å². The van der Waals surface area contributed by atoms with Gasteiger partial charge in [-0.2, -0.15) is 0 Å². The minimum atomic E-state index is -1.28. The summed E-state index contributed by atoms with van der Waals surface area (Å²) in [5, 5.41) is 27.3. The van der Waals surface area contributed by atoms with Crippen molar-refractivity contribution in [3.63, 3.8) is 0 Å². The SMILES string of the molecule is CC(=O)O[C@@H](C1C[C@@H](C)[C@H]2C(O1)[C@H](O)C1(C)C3CC[C@H]4C(C)(C)[C@@H](OC5CN(C(=O)c6ccno6)CCO5)CC[C@@]45CC35CC[C@]21C)C(C)(C)O. The third-order valence-electron chi connectivity index (χ3n) is 16.4. The lowest BCUT2D eigenvalue weighted by molar-refractivity contribution is -0.245. The number of hydrogen-bond donors (Lipinski definition) is 2. The van der Waals surface area contributed by atoms with Crippen molar-refractivity contribution in [2.45, 2.75) is 149 Å². The molecule has 11 heteroatoms. The molecule has 5 aliphatic carbocycles. The molecule has 6 unspecified atom stereocenters. The normalized spacial score (nSPS) is 47.6. The molecule has 2 saturated heterocycles. The molecule has 2 aliphatic heterocycles. The fraction of sp³-hybridized carbons (Fsp3) is 0.875. The zero-order valence-corrected chi connectivity index (χ0v) is 31.9. The van der Waals surface area contributed by atoms with Crippen molar-refractivity contribution in [3.8, 4) is 0 Å². The van der Waals surface area contributed by atoms with E-state index >= 15 is 0 Å². The van der Waals surface area contributed by atoms with Crippen LogP contribution in [-0.2, 0) is 23.7 Å². The molecule has 0 radical (unpaired) electrons. The van der Waals surface area contributed by atoms with E-state index in [0.717, 1.165) is 32.1 Å². The van der Waals surface area contributed by atoms with Crippen LogP contribution in [0, 0.1) is 50.7 Å². The molecule has 2 spiro atoms. The lowest BCUT2D eigenvalue weighted by Crippen LogP contribution is -2.60. The van der Waals surface area contributed by atoms with E-state index in [1.807, 2.05) is 0 Å². The van der Waals surface area contributed by atoms with Crippen LogP contribution in [0.25, 0.3) is 0 Å². The minimum Gasteiger partial charge on any atom is -0.457 e. The molecule has 14 atom stereocenters. The smallest absolute Gasteiger partial charge is 0.303 e. The summed E-state index contributed by atoms with van der Waals surface area (Å²) < 4.78 is 30.6. The molecular formula is C40H60N2O9. The van der Waals surface area contributed by atoms with Crippen LogP contribution in [-0.4, -0.2) is 94.3 Å². The van der Waals surface area contributed by atoms with Gasteiger partial charge in [-0.1, -0.05) is 39.8 Å². The molecule has 51 heavy (non-hydrogen) atoms. The number of aliphatic hydroxyl groups is 2. The molecule has 11 nitrogen and oxygen atoms in total. The summed E-state index contributed by atoms with van der Waals surface area (Å²) in [6.07, 6.45) is 7.07. The van der Waals surface area contributed by atoms with Gasteiger partial charge in [0.25, 0.3) is 5.91 Å². The lowest BCUT2D eigenvalue weighted by atomic mass is 9.41. The van der Waals surface area contributed by atoms with Crippen molar-refractivity contribution in [2.24, 2.45) is 50.7 Å². The van der Waals surface area contributed by atoms with Gasteiger partial charge in [0.1, 0.15) is 0 Å². The number of fused-ring (bicyclic) bond motifs is 4. The van der Waals surface area contributed by atoms with Gasteiger partial charge in [-0.3, -0.25) is 9.59 Å². The molecule has 1 aromatic rings. The molecule has 0 aromatic carbocycles. The zero-order chi connectivity index (χ0) is 36.5. The number of amides is 1. The van der Waals surface area contributed by atoms with Gasteiger partial charge in [0.15, 0.2) is 12.4 Å². The maximum Gasteiger partial charge on any atom is 0.303 e. The van der Waals surface area contributed by atoms with Gasteiger partial charge >= 0.3 is 5.97 Å². The van der Waals surface area contributed by atoms with E-state index in [-0.39, 0.29) is 62.8 Å². The number of aliphatic hydroxyl groups excluding tert-OH is 1. The van der Waals surface area contributed by atoms with Crippen LogP contribution in [0.5, 0.6) is 0 Å². The number of rotatable bonds is 6. The molecule has 1 amide bonds. The number of aromatic nitrogens is 1. The molecule has 7 aliphatic rings. The van der Waals surface area contributed by atoms with E-state index in [1.54, 1.807) is 24.8 Å². The first-order chi connectivity index (χ1) is 23.9. The number of nitrogens with zero attached hydrogens (tertiary/aromatic N) is 2. The third-order valence-corrected chi connectivity index (χ3v) is 16.4. The molecular weight excluding hydrogens is 652 g/mol. The van der Waals surface area contributed by atoms with Crippen LogP contribution in [0.1, 0.15) is 117 Å². The second-order valence-corrected chi connectivity index (χ2v) is 19.3. The zero-order valence-electron chi connectivity index (χ0n) is 31.9. The van der Waals surface area contributed by atoms with Gasteiger partial charge < -0.3 is 38.6 Å². The Morgan fingerprint density at radius 2 is 1.80 bits per heavy atom. The average molecular weight is 713 g/mol. The van der Waals surface area contributed by atoms with Gasteiger partial charge in [0.2, 0.25) is 5.76 Å². The van der Waals surface area contributed by atoms with Crippen LogP contribution < -0.4 is 0 Å². The van der Waals surface area contributed by atoms with E-state index in [4.69, 9.17) is 23.5 Å². The Morgan fingerprint density at radius 1 is 1.08 bits per heavy atom. The summed E-state index contributed by atoms with van der Waals surface area (Å²) in [6.45, 7) is 17.9. The summed E-state index contributed by atoms with van der Waals surface area (Å²) in [4.78, 5) is 26.8. The number of morpholine rings is 1. The fourth-order valence-corrected chi connectivity index (χ4v) is 14.2.